The maximum Gasteiger partial charge on any atom is 0.264 e. The second kappa shape index (κ2) is 6.30. The highest BCUT2D eigenvalue weighted by Crippen LogP contribution is 2.39. The monoisotopic (exact) mass is 441 g/mol. The molecule has 4 heterocycles. The van der Waals surface area contributed by atoms with E-state index in [1.54, 1.807) is 37.0 Å². The zero-order valence-corrected chi connectivity index (χ0v) is 17.8. The van der Waals surface area contributed by atoms with Crippen LogP contribution < -0.4 is 16.2 Å². The Balaban J connectivity index is 1.54. The van der Waals surface area contributed by atoms with E-state index in [-0.39, 0.29) is 33.7 Å². The summed E-state index contributed by atoms with van der Waals surface area (Å²) in [5.41, 5.74) is 7.74. The summed E-state index contributed by atoms with van der Waals surface area (Å²) in [5.74, 6) is 0.520. The second-order valence-electron chi connectivity index (χ2n) is 8.57. The number of benzene rings is 1. The summed E-state index contributed by atoms with van der Waals surface area (Å²) in [6.07, 6.45) is 3.75. The van der Waals surface area contributed by atoms with Crippen molar-refractivity contribution in [1.29, 1.82) is 0 Å². The molecule has 0 radical (unpaired) electrons. The molecule has 3 aromatic heterocycles. The number of aromatic nitrogens is 5. The first-order chi connectivity index (χ1) is 14.9. The number of nitrogens with zero attached hydrogens (tertiary/aromatic N) is 5. The lowest BCUT2D eigenvalue weighted by molar-refractivity contribution is 0.530. The van der Waals surface area contributed by atoms with Crippen LogP contribution in [0.15, 0.2) is 23.1 Å². The van der Waals surface area contributed by atoms with Gasteiger partial charge in [-0.15, -0.1) is 0 Å². The lowest BCUT2D eigenvalue weighted by Crippen LogP contribution is -2.40. The molecule has 1 saturated carbocycles. The van der Waals surface area contributed by atoms with E-state index in [1.165, 1.54) is 4.68 Å². The van der Waals surface area contributed by atoms with Crippen molar-refractivity contribution in [2.24, 2.45) is 25.7 Å². The van der Waals surface area contributed by atoms with E-state index < -0.39 is 5.82 Å². The molecule has 2 bridgehead atoms. The van der Waals surface area contributed by atoms with Crippen molar-refractivity contribution in [3.63, 3.8) is 0 Å². The van der Waals surface area contributed by atoms with Crippen LogP contribution in [0, 0.1) is 11.7 Å². The molecule has 160 valence electrons. The van der Waals surface area contributed by atoms with E-state index >= 15 is 4.39 Å². The highest BCUT2D eigenvalue weighted by molar-refractivity contribution is 6.34. The highest BCUT2D eigenvalue weighted by atomic mass is 35.5. The average molecular weight is 442 g/mol. The summed E-state index contributed by atoms with van der Waals surface area (Å²) in [7, 11) is 3.36. The number of hydrogen-bond acceptors (Lipinski definition) is 5. The summed E-state index contributed by atoms with van der Waals surface area (Å²) in [4.78, 5) is 23.3. The van der Waals surface area contributed by atoms with Gasteiger partial charge in [-0.3, -0.25) is 14.0 Å². The summed E-state index contributed by atoms with van der Waals surface area (Å²) >= 11 is 6.25. The molecule has 2 aliphatic rings. The van der Waals surface area contributed by atoms with Crippen molar-refractivity contribution in [2.75, 3.05) is 11.4 Å². The molecule has 1 aliphatic carbocycles. The van der Waals surface area contributed by atoms with Crippen LogP contribution in [-0.2, 0) is 14.1 Å². The molecule has 1 unspecified atom stereocenters. The number of rotatable bonds is 2. The minimum absolute atomic E-state index is 0.108. The van der Waals surface area contributed by atoms with Gasteiger partial charge in [0.05, 0.1) is 16.3 Å². The van der Waals surface area contributed by atoms with Crippen molar-refractivity contribution >= 4 is 39.5 Å². The SMILES string of the molecule is Cn1nc2ccc(-c3c[nH]c4nc(N5CC6CC[C@@H]5[C@@H]6N)n(C)c(=O)c34)c(F)c2c1Cl. The maximum absolute atomic E-state index is 15.4. The minimum Gasteiger partial charge on any atom is -0.345 e. The van der Waals surface area contributed by atoms with Gasteiger partial charge in [0.2, 0.25) is 5.95 Å². The molecule has 0 spiro atoms. The topological polar surface area (TPSA) is 97.8 Å². The molecule has 8 nitrogen and oxygen atoms in total. The Kier molecular flexibility index (Phi) is 3.83. The van der Waals surface area contributed by atoms with Gasteiger partial charge in [-0.25, -0.2) is 4.39 Å². The first-order valence-electron chi connectivity index (χ1n) is 10.3. The molecule has 10 heteroatoms. The van der Waals surface area contributed by atoms with E-state index in [4.69, 9.17) is 22.3 Å². The summed E-state index contributed by atoms with van der Waals surface area (Å²) < 4.78 is 18.4. The summed E-state index contributed by atoms with van der Waals surface area (Å²) in [5, 5.41) is 5.01. The van der Waals surface area contributed by atoms with E-state index in [1.807, 2.05) is 0 Å². The molecule has 0 amide bonds. The Morgan fingerprint density at radius 2 is 2.03 bits per heavy atom. The van der Waals surface area contributed by atoms with Gasteiger partial charge in [0.1, 0.15) is 16.6 Å². The molecule has 1 aromatic carbocycles. The second-order valence-corrected chi connectivity index (χ2v) is 8.93. The van der Waals surface area contributed by atoms with E-state index in [2.05, 4.69) is 15.0 Å². The third-order valence-corrected chi connectivity index (χ3v) is 7.39. The Hall–Kier alpha value is -2.91. The normalized spacial score (nSPS) is 23.0. The van der Waals surface area contributed by atoms with Gasteiger partial charge in [-0.1, -0.05) is 11.6 Å². The molecule has 2 fully saturated rings. The number of H-pyrrole nitrogens is 1. The Labute approximate surface area is 181 Å². The number of nitrogens with one attached hydrogen (secondary N) is 1. The standard InChI is InChI=1S/C21H21ClFN7O/c1-28-20(31)14-11(10-4-5-12-15(16(10)23)18(22)29(2)27-12)7-25-19(14)26-21(28)30-8-9-3-6-13(30)17(9)24/h4-5,7,9,13,17,25H,3,6,8,24H2,1-2H3/t9?,13-,17-/m1/s1. The fourth-order valence-electron chi connectivity index (χ4n) is 5.32. The van der Waals surface area contributed by atoms with Crippen LogP contribution >= 0.6 is 11.6 Å². The number of hydrogen-bond donors (Lipinski definition) is 2. The molecule has 4 aromatic rings. The lowest BCUT2D eigenvalue weighted by atomic mass is 10.0. The third-order valence-electron chi connectivity index (χ3n) is 6.96. The van der Waals surface area contributed by atoms with Crippen LogP contribution in [-0.4, -0.2) is 42.9 Å². The van der Waals surface area contributed by atoms with Crippen molar-refractivity contribution in [2.45, 2.75) is 24.9 Å². The number of anilines is 1. The molecular weight excluding hydrogens is 421 g/mol. The first kappa shape index (κ1) is 18.8. The molecule has 1 saturated heterocycles. The predicted molar refractivity (Wildman–Crippen MR) is 118 cm³/mol. The van der Waals surface area contributed by atoms with E-state index in [9.17, 15) is 4.79 Å². The lowest BCUT2D eigenvalue weighted by Gasteiger charge is -2.29. The van der Waals surface area contributed by atoms with Crippen molar-refractivity contribution in [3.8, 4) is 11.1 Å². The molecule has 3 N–H and O–H groups in total. The quantitative estimate of drug-likeness (QED) is 0.498. The van der Waals surface area contributed by atoms with Crippen LogP contribution in [0.2, 0.25) is 5.15 Å². The Morgan fingerprint density at radius 1 is 1.23 bits per heavy atom. The van der Waals surface area contributed by atoms with E-state index in [0.717, 1.165) is 19.4 Å². The number of halogens is 2. The van der Waals surface area contributed by atoms with Gasteiger partial charge in [0.15, 0.2) is 0 Å². The Bertz CT molecular complexity index is 1440. The number of aryl methyl sites for hydroxylation is 1. The van der Waals surface area contributed by atoms with Gasteiger partial charge < -0.3 is 15.6 Å². The predicted octanol–water partition coefficient (Wildman–Crippen LogP) is 2.53. The Morgan fingerprint density at radius 3 is 2.74 bits per heavy atom. The fourth-order valence-corrected chi connectivity index (χ4v) is 5.54. The van der Waals surface area contributed by atoms with Crippen molar-refractivity contribution in [3.05, 3.63) is 39.7 Å². The first-order valence-corrected chi connectivity index (χ1v) is 10.7. The van der Waals surface area contributed by atoms with Gasteiger partial charge >= 0.3 is 0 Å². The highest BCUT2D eigenvalue weighted by Gasteiger charge is 2.46. The fraction of sp³-hybridized carbons (Fsp3) is 0.381. The molecule has 31 heavy (non-hydrogen) atoms. The van der Waals surface area contributed by atoms with Crippen LogP contribution in [0.1, 0.15) is 12.8 Å². The molecule has 3 atom stereocenters. The molecule has 6 rings (SSSR count). The van der Waals surface area contributed by atoms with Gasteiger partial charge in [-0.2, -0.15) is 10.1 Å². The zero-order valence-electron chi connectivity index (χ0n) is 17.1. The zero-order chi connectivity index (χ0) is 21.6. The van der Waals surface area contributed by atoms with Crippen LogP contribution in [0.3, 0.4) is 0 Å². The van der Waals surface area contributed by atoms with Gasteiger partial charge in [0.25, 0.3) is 5.56 Å². The number of piperidine rings is 1. The van der Waals surface area contributed by atoms with Crippen molar-refractivity contribution in [1.82, 2.24) is 24.3 Å². The largest absolute Gasteiger partial charge is 0.345 e. The smallest absolute Gasteiger partial charge is 0.264 e. The summed E-state index contributed by atoms with van der Waals surface area (Å²) in [6.45, 7) is 0.802. The van der Waals surface area contributed by atoms with Gasteiger partial charge in [0, 0.05) is 50.0 Å². The number of fused-ring (bicyclic) bond motifs is 4. The van der Waals surface area contributed by atoms with Crippen LogP contribution in [0.25, 0.3) is 33.1 Å². The van der Waals surface area contributed by atoms with Crippen LogP contribution in [0.5, 0.6) is 0 Å². The van der Waals surface area contributed by atoms with Crippen molar-refractivity contribution < 1.29 is 4.39 Å². The summed E-state index contributed by atoms with van der Waals surface area (Å²) in [6, 6.07) is 3.63. The number of nitrogens with two attached hydrogens (primary N) is 1. The minimum atomic E-state index is -0.509. The van der Waals surface area contributed by atoms with Crippen LogP contribution in [0.4, 0.5) is 10.3 Å². The van der Waals surface area contributed by atoms with Gasteiger partial charge in [-0.05, 0) is 30.9 Å². The maximum atomic E-state index is 15.4. The molecular formula is C21H21ClFN7O. The average Bonchev–Trinajstić information content (AvgIpc) is 3.48. The van der Waals surface area contributed by atoms with E-state index in [0.29, 0.717) is 34.0 Å². The molecule has 1 aliphatic heterocycles. The number of aromatic amines is 1. The third kappa shape index (κ3) is 2.41.